The third-order valence-electron chi connectivity index (χ3n) is 1.46. The lowest BCUT2D eigenvalue weighted by Gasteiger charge is -2.02. The summed E-state index contributed by atoms with van der Waals surface area (Å²) in [5.41, 5.74) is 0. The van der Waals surface area contributed by atoms with E-state index in [2.05, 4.69) is 24.2 Å². The molecule has 0 amide bonds. The molecule has 1 aliphatic rings. The summed E-state index contributed by atoms with van der Waals surface area (Å²) in [6.45, 7) is 5.30. The van der Waals surface area contributed by atoms with E-state index in [-0.39, 0.29) is 0 Å². The Balaban J connectivity index is 2.27. The minimum atomic E-state index is 0.576. The van der Waals surface area contributed by atoms with Crippen LogP contribution in [0.3, 0.4) is 0 Å². The van der Waals surface area contributed by atoms with Crippen LogP contribution in [0.15, 0.2) is 4.99 Å². The summed E-state index contributed by atoms with van der Waals surface area (Å²) in [6, 6.07) is 0.576. The fourth-order valence-electron chi connectivity index (χ4n) is 1.01. The Morgan fingerprint density at radius 2 is 2.56 bits per heavy atom. The second-order valence-electron chi connectivity index (χ2n) is 2.58. The van der Waals surface area contributed by atoms with Crippen molar-refractivity contribution in [2.45, 2.75) is 32.7 Å². The van der Waals surface area contributed by atoms with E-state index in [4.69, 9.17) is 0 Å². The minimum absolute atomic E-state index is 0.576. The number of hydrogen-bond acceptors (Lipinski definition) is 2. The highest BCUT2D eigenvalue weighted by Crippen LogP contribution is 1.99. The highest BCUT2D eigenvalue weighted by molar-refractivity contribution is 5.83. The van der Waals surface area contributed by atoms with Crippen LogP contribution >= 0.6 is 0 Å². The van der Waals surface area contributed by atoms with Crippen molar-refractivity contribution in [1.82, 2.24) is 5.32 Å². The molecule has 0 aromatic rings. The van der Waals surface area contributed by atoms with Gasteiger partial charge in [0.25, 0.3) is 0 Å². The Bertz CT molecular complexity index is 118. The molecule has 9 heavy (non-hydrogen) atoms. The molecule has 2 nitrogen and oxygen atoms in total. The van der Waals surface area contributed by atoms with Crippen molar-refractivity contribution in [3.8, 4) is 0 Å². The summed E-state index contributed by atoms with van der Waals surface area (Å²) >= 11 is 0. The lowest BCUT2D eigenvalue weighted by atomic mass is 10.3. The highest BCUT2D eigenvalue weighted by Gasteiger charge is 2.09. The van der Waals surface area contributed by atoms with Crippen molar-refractivity contribution in [1.29, 1.82) is 0 Å². The molecule has 1 N–H and O–H groups in total. The van der Waals surface area contributed by atoms with Crippen molar-refractivity contribution in [3.63, 3.8) is 0 Å². The molecule has 0 saturated heterocycles. The van der Waals surface area contributed by atoms with Crippen molar-refractivity contribution in [2.24, 2.45) is 4.99 Å². The van der Waals surface area contributed by atoms with Crippen LogP contribution in [0.2, 0.25) is 0 Å². The van der Waals surface area contributed by atoms with Gasteiger partial charge in [-0.25, -0.2) is 0 Å². The molecule has 2 heteroatoms. The van der Waals surface area contributed by atoms with Crippen LogP contribution in [0.4, 0.5) is 0 Å². The van der Waals surface area contributed by atoms with Gasteiger partial charge < -0.3 is 5.32 Å². The van der Waals surface area contributed by atoms with Crippen LogP contribution in [0.1, 0.15) is 26.7 Å². The topological polar surface area (TPSA) is 24.4 Å². The average molecular weight is 126 g/mol. The molecular weight excluding hydrogens is 112 g/mol. The summed E-state index contributed by atoms with van der Waals surface area (Å²) in [5, 5.41) is 3.30. The Labute approximate surface area is 56.4 Å². The standard InChI is InChI=1S/C7H14N2/c1-3-4-7-8-5-6(2)9-7/h6H,3-5H2,1-2H3,(H,8,9). The van der Waals surface area contributed by atoms with E-state index in [1.807, 2.05) is 0 Å². The van der Waals surface area contributed by atoms with E-state index in [1.165, 1.54) is 12.3 Å². The van der Waals surface area contributed by atoms with E-state index >= 15 is 0 Å². The summed E-state index contributed by atoms with van der Waals surface area (Å²) in [7, 11) is 0. The highest BCUT2D eigenvalue weighted by atomic mass is 15.1. The van der Waals surface area contributed by atoms with Gasteiger partial charge in [-0.15, -0.1) is 0 Å². The molecule has 1 rings (SSSR count). The van der Waals surface area contributed by atoms with E-state index in [0.717, 1.165) is 13.0 Å². The predicted molar refractivity (Wildman–Crippen MR) is 39.8 cm³/mol. The number of aliphatic imine (C=N–C) groups is 1. The number of rotatable bonds is 2. The molecule has 52 valence electrons. The molecule has 0 fully saturated rings. The van der Waals surface area contributed by atoms with Crippen molar-refractivity contribution in [2.75, 3.05) is 6.54 Å². The quantitative estimate of drug-likeness (QED) is 0.590. The average Bonchev–Trinajstić information content (AvgIpc) is 2.17. The minimum Gasteiger partial charge on any atom is -0.370 e. The van der Waals surface area contributed by atoms with Gasteiger partial charge in [0.1, 0.15) is 0 Å². The molecule has 0 aromatic carbocycles. The number of nitrogens with zero attached hydrogens (tertiary/aromatic N) is 1. The lowest BCUT2D eigenvalue weighted by molar-refractivity contribution is 0.719. The molecule has 0 aliphatic carbocycles. The molecule has 1 atom stereocenters. The van der Waals surface area contributed by atoms with Crippen LogP contribution < -0.4 is 5.32 Å². The first-order chi connectivity index (χ1) is 4.33. The maximum absolute atomic E-state index is 4.31. The van der Waals surface area contributed by atoms with Gasteiger partial charge >= 0.3 is 0 Å². The Morgan fingerprint density at radius 1 is 1.78 bits per heavy atom. The fourth-order valence-corrected chi connectivity index (χ4v) is 1.01. The van der Waals surface area contributed by atoms with Crippen molar-refractivity contribution in [3.05, 3.63) is 0 Å². The summed E-state index contributed by atoms with van der Waals surface area (Å²) < 4.78 is 0. The molecule has 1 aliphatic heterocycles. The van der Waals surface area contributed by atoms with E-state index in [0.29, 0.717) is 6.04 Å². The van der Waals surface area contributed by atoms with Crippen LogP contribution in [0.25, 0.3) is 0 Å². The zero-order valence-electron chi connectivity index (χ0n) is 6.15. The molecule has 1 unspecified atom stereocenters. The molecule has 1 heterocycles. The maximum Gasteiger partial charge on any atom is 0.0966 e. The third-order valence-corrected chi connectivity index (χ3v) is 1.46. The van der Waals surface area contributed by atoms with Gasteiger partial charge in [0, 0.05) is 12.5 Å². The summed E-state index contributed by atoms with van der Waals surface area (Å²) in [6.07, 6.45) is 2.31. The van der Waals surface area contributed by atoms with Crippen LogP contribution in [0.5, 0.6) is 0 Å². The smallest absolute Gasteiger partial charge is 0.0966 e. The molecular formula is C7H14N2. The first-order valence-electron chi connectivity index (χ1n) is 3.62. The Kier molecular flexibility index (Phi) is 2.09. The monoisotopic (exact) mass is 126 g/mol. The molecule has 0 radical (unpaired) electrons. The molecule has 0 aromatic heterocycles. The van der Waals surface area contributed by atoms with Gasteiger partial charge in [0.15, 0.2) is 0 Å². The zero-order chi connectivity index (χ0) is 6.69. The normalized spacial score (nSPS) is 25.6. The third kappa shape index (κ3) is 1.70. The number of amidine groups is 1. The second-order valence-corrected chi connectivity index (χ2v) is 2.58. The Hall–Kier alpha value is -0.530. The fraction of sp³-hybridized carbons (Fsp3) is 0.857. The SMILES string of the molecule is CCCC1=NCC(C)N1. The molecule has 0 saturated carbocycles. The second kappa shape index (κ2) is 2.85. The zero-order valence-corrected chi connectivity index (χ0v) is 6.15. The van der Waals surface area contributed by atoms with E-state index in [1.54, 1.807) is 0 Å². The largest absolute Gasteiger partial charge is 0.370 e. The lowest BCUT2D eigenvalue weighted by Crippen LogP contribution is -2.26. The summed E-state index contributed by atoms with van der Waals surface area (Å²) in [5.74, 6) is 1.20. The van der Waals surface area contributed by atoms with Crippen LogP contribution in [-0.2, 0) is 0 Å². The van der Waals surface area contributed by atoms with Crippen LogP contribution in [0, 0.1) is 0 Å². The van der Waals surface area contributed by atoms with E-state index < -0.39 is 0 Å². The van der Waals surface area contributed by atoms with Gasteiger partial charge in [-0.3, -0.25) is 4.99 Å². The first kappa shape index (κ1) is 6.59. The van der Waals surface area contributed by atoms with Crippen molar-refractivity contribution < 1.29 is 0 Å². The predicted octanol–water partition coefficient (Wildman–Crippen LogP) is 1.18. The molecule has 0 bridgehead atoms. The van der Waals surface area contributed by atoms with Gasteiger partial charge in [-0.05, 0) is 13.3 Å². The van der Waals surface area contributed by atoms with Gasteiger partial charge in [-0.1, -0.05) is 6.92 Å². The van der Waals surface area contributed by atoms with Crippen molar-refractivity contribution >= 4 is 5.84 Å². The number of hydrogen-bond donors (Lipinski definition) is 1. The summed E-state index contributed by atoms with van der Waals surface area (Å²) in [4.78, 5) is 4.31. The first-order valence-corrected chi connectivity index (χ1v) is 3.62. The molecule has 0 spiro atoms. The van der Waals surface area contributed by atoms with E-state index in [9.17, 15) is 0 Å². The number of nitrogens with one attached hydrogen (secondary N) is 1. The van der Waals surface area contributed by atoms with Gasteiger partial charge in [0.2, 0.25) is 0 Å². The Morgan fingerprint density at radius 3 is 3.00 bits per heavy atom. The maximum atomic E-state index is 4.31. The van der Waals surface area contributed by atoms with Gasteiger partial charge in [0.05, 0.1) is 12.4 Å². The van der Waals surface area contributed by atoms with Crippen LogP contribution in [-0.4, -0.2) is 18.4 Å². The van der Waals surface area contributed by atoms with Gasteiger partial charge in [-0.2, -0.15) is 0 Å².